The second-order valence-electron chi connectivity index (χ2n) is 16.4. The number of fused-ring (bicyclic) bond motifs is 12. The van der Waals surface area contributed by atoms with Gasteiger partial charge in [-0.1, -0.05) is 146 Å². The zero-order valence-corrected chi connectivity index (χ0v) is 34.1. The Morgan fingerprint density at radius 1 is 0.206 bits per heavy atom. The molecule has 0 saturated heterocycles. The number of rotatable bonds is 6. The van der Waals surface area contributed by atoms with E-state index in [0.29, 0.717) is 0 Å². The van der Waals surface area contributed by atoms with Gasteiger partial charge in [-0.2, -0.15) is 0 Å². The summed E-state index contributed by atoms with van der Waals surface area (Å²) < 4.78 is 12.3. The van der Waals surface area contributed by atoms with Crippen molar-refractivity contribution < 1.29 is 8.83 Å². The van der Waals surface area contributed by atoms with Crippen LogP contribution >= 0.6 is 0 Å². The highest BCUT2D eigenvalue weighted by Gasteiger charge is 2.16. The molecule has 0 aliphatic carbocycles. The Morgan fingerprint density at radius 3 is 0.905 bits per heavy atom. The Balaban J connectivity index is 0.891. The van der Waals surface area contributed by atoms with Crippen LogP contribution in [0.4, 0.5) is 17.1 Å². The van der Waals surface area contributed by atoms with Crippen molar-refractivity contribution in [3.63, 3.8) is 0 Å². The first-order valence-electron chi connectivity index (χ1n) is 21.5. The molecule has 11 aromatic carbocycles. The van der Waals surface area contributed by atoms with E-state index in [-0.39, 0.29) is 0 Å². The molecule has 0 unspecified atom stereocenters. The van der Waals surface area contributed by atoms with E-state index in [2.05, 4.69) is 205 Å². The van der Waals surface area contributed by atoms with Crippen molar-refractivity contribution in [1.29, 1.82) is 0 Å². The fraction of sp³-hybridized carbons (Fsp3) is 0. The van der Waals surface area contributed by atoms with Gasteiger partial charge in [-0.15, -0.1) is 0 Å². The summed E-state index contributed by atoms with van der Waals surface area (Å²) in [6.45, 7) is 0. The van der Waals surface area contributed by atoms with Gasteiger partial charge in [0.15, 0.2) is 0 Å². The van der Waals surface area contributed by atoms with Crippen molar-refractivity contribution in [2.45, 2.75) is 0 Å². The Morgan fingerprint density at radius 2 is 0.492 bits per heavy atom. The van der Waals surface area contributed by atoms with Crippen molar-refractivity contribution in [3.05, 3.63) is 224 Å². The third kappa shape index (κ3) is 5.82. The molecule has 0 fully saturated rings. The number of furan rings is 2. The van der Waals surface area contributed by atoms with Gasteiger partial charge >= 0.3 is 0 Å². The first kappa shape index (κ1) is 35.4. The molecule has 0 N–H and O–H groups in total. The lowest BCUT2D eigenvalue weighted by Crippen LogP contribution is -2.09. The van der Waals surface area contributed by atoms with Crippen LogP contribution in [-0.4, -0.2) is 0 Å². The minimum Gasteiger partial charge on any atom is -0.456 e. The van der Waals surface area contributed by atoms with Crippen LogP contribution in [0.5, 0.6) is 0 Å². The summed E-state index contributed by atoms with van der Waals surface area (Å²) in [5.41, 5.74) is 13.8. The zero-order chi connectivity index (χ0) is 41.4. The quantitative estimate of drug-likeness (QED) is 0.157. The smallest absolute Gasteiger partial charge is 0.135 e. The molecule has 3 nitrogen and oxygen atoms in total. The van der Waals surface area contributed by atoms with Crippen LogP contribution in [-0.2, 0) is 0 Å². The van der Waals surface area contributed by atoms with Gasteiger partial charge in [0.05, 0.1) is 0 Å². The summed E-state index contributed by atoms with van der Waals surface area (Å²) in [7, 11) is 0. The van der Waals surface area contributed by atoms with Crippen LogP contribution in [0.25, 0.3) is 110 Å². The van der Waals surface area contributed by atoms with Gasteiger partial charge in [-0.25, -0.2) is 0 Å². The molecule has 63 heavy (non-hydrogen) atoms. The molecule has 0 spiro atoms. The lowest BCUT2D eigenvalue weighted by atomic mass is 9.92. The van der Waals surface area contributed by atoms with E-state index in [1.807, 2.05) is 24.3 Å². The maximum absolute atomic E-state index is 6.14. The standard InChI is InChI=1S/C60H37NO2/c1-2-11-49-47(9-1)48-10-3-4-12-50(48)54-35-41(23-32-51(49)54)38-17-26-44(27-18-38)61(45-28-19-39(20-29-45)42-24-33-59-55(36-42)52-13-5-7-15-57(52)62-59)46-30-21-40(22-31-46)43-25-34-60-56(37-43)53-14-6-8-16-58(53)63-60/h1-37H. The highest BCUT2D eigenvalue weighted by molar-refractivity contribution is 6.25. The highest BCUT2D eigenvalue weighted by Crippen LogP contribution is 2.41. The largest absolute Gasteiger partial charge is 0.456 e. The van der Waals surface area contributed by atoms with Crippen LogP contribution in [0.15, 0.2) is 233 Å². The van der Waals surface area contributed by atoms with Gasteiger partial charge in [0.1, 0.15) is 22.3 Å². The number of nitrogens with zero attached hydrogens (tertiary/aromatic N) is 1. The van der Waals surface area contributed by atoms with Gasteiger partial charge in [-0.05, 0) is 145 Å². The third-order valence-corrected chi connectivity index (χ3v) is 12.9. The maximum Gasteiger partial charge on any atom is 0.135 e. The highest BCUT2D eigenvalue weighted by atomic mass is 16.3. The minimum absolute atomic E-state index is 0.901. The molecule has 0 saturated carbocycles. The molecule has 0 atom stereocenters. The lowest BCUT2D eigenvalue weighted by molar-refractivity contribution is 0.668. The van der Waals surface area contributed by atoms with Crippen molar-refractivity contribution in [1.82, 2.24) is 0 Å². The number of hydrogen-bond donors (Lipinski definition) is 0. The van der Waals surface area contributed by atoms with Crippen LogP contribution in [0.3, 0.4) is 0 Å². The molecule has 0 aliphatic rings. The molecule has 13 aromatic rings. The van der Waals surface area contributed by atoms with Crippen LogP contribution < -0.4 is 4.90 Å². The maximum atomic E-state index is 6.14. The fourth-order valence-electron chi connectivity index (χ4n) is 9.75. The van der Waals surface area contributed by atoms with Crippen molar-refractivity contribution in [2.75, 3.05) is 4.90 Å². The monoisotopic (exact) mass is 803 g/mol. The third-order valence-electron chi connectivity index (χ3n) is 12.9. The van der Waals surface area contributed by atoms with Crippen molar-refractivity contribution in [3.8, 4) is 33.4 Å². The molecule has 0 aliphatic heterocycles. The second-order valence-corrected chi connectivity index (χ2v) is 16.4. The summed E-state index contributed by atoms with van der Waals surface area (Å²) in [6, 6.07) is 80.7. The molecule has 2 heterocycles. The number of benzene rings is 11. The SMILES string of the molecule is c1ccc2c(c1)oc1ccc(-c3ccc(N(c4ccc(-c5ccc6oc7ccccc7c6c5)cc4)c4ccc(-c5ccc6c7ccccc7c7ccccc7c6c5)cc4)cc3)cc12. The van der Waals surface area contributed by atoms with Gasteiger partial charge in [0, 0.05) is 38.6 Å². The van der Waals surface area contributed by atoms with Gasteiger partial charge < -0.3 is 13.7 Å². The van der Waals surface area contributed by atoms with Gasteiger partial charge in [0.25, 0.3) is 0 Å². The first-order chi connectivity index (χ1) is 31.2. The molecule has 0 radical (unpaired) electrons. The van der Waals surface area contributed by atoms with Crippen molar-refractivity contribution in [2.24, 2.45) is 0 Å². The van der Waals surface area contributed by atoms with E-state index in [1.54, 1.807) is 0 Å². The van der Waals surface area contributed by atoms with Crippen molar-refractivity contribution >= 4 is 93.3 Å². The molecule has 3 heteroatoms. The normalized spacial score (nSPS) is 11.8. The molecular formula is C60H37NO2. The van der Waals surface area contributed by atoms with Gasteiger partial charge in [0.2, 0.25) is 0 Å². The second kappa shape index (κ2) is 14.1. The predicted molar refractivity (Wildman–Crippen MR) is 265 cm³/mol. The topological polar surface area (TPSA) is 29.5 Å². The Kier molecular flexibility index (Phi) is 7.91. The first-order valence-corrected chi connectivity index (χ1v) is 21.5. The van der Waals surface area contributed by atoms with Crippen LogP contribution in [0.2, 0.25) is 0 Å². The minimum atomic E-state index is 0.901. The van der Waals surface area contributed by atoms with E-state index in [0.717, 1.165) is 83.2 Å². The molecule has 294 valence electrons. The van der Waals surface area contributed by atoms with Crippen LogP contribution in [0.1, 0.15) is 0 Å². The fourth-order valence-corrected chi connectivity index (χ4v) is 9.75. The number of para-hydroxylation sites is 2. The van der Waals surface area contributed by atoms with E-state index in [1.165, 1.54) is 43.4 Å². The van der Waals surface area contributed by atoms with E-state index in [4.69, 9.17) is 8.83 Å². The molecule has 2 aromatic heterocycles. The zero-order valence-electron chi connectivity index (χ0n) is 34.1. The number of anilines is 3. The summed E-state index contributed by atoms with van der Waals surface area (Å²) in [5, 5.41) is 12.2. The Bertz CT molecular complexity index is 3700. The predicted octanol–water partition coefficient (Wildman–Crippen LogP) is 17.4. The molecule has 0 bridgehead atoms. The molecule has 13 rings (SSSR count). The van der Waals surface area contributed by atoms with Gasteiger partial charge in [-0.3, -0.25) is 0 Å². The average Bonchev–Trinajstić information content (AvgIpc) is 3.92. The summed E-state index contributed by atoms with van der Waals surface area (Å²) in [5.74, 6) is 0. The Labute approximate surface area is 363 Å². The van der Waals surface area contributed by atoms with E-state index in [9.17, 15) is 0 Å². The summed E-state index contributed by atoms with van der Waals surface area (Å²) >= 11 is 0. The van der Waals surface area contributed by atoms with E-state index >= 15 is 0 Å². The lowest BCUT2D eigenvalue weighted by Gasteiger charge is -2.26. The molecular weight excluding hydrogens is 767 g/mol. The summed E-state index contributed by atoms with van der Waals surface area (Å²) in [4.78, 5) is 2.34. The van der Waals surface area contributed by atoms with E-state index < -0.39 is 0 Å². The Hall–Kier alpha value is -8.40. The number of hydrogen-bond acceptors (Lipinski definition) is 3. The summed E-state index contributed by atoms with van der Waals surface area (Å²) in [6.07, 6.45) is 0. The molecule has 0 amide bonds. The van der Waals surface area contributed by atoms with Crippen LogP contribution in [0, 0.1) is 0 Å². The average molecular weight is 804 g/mol.